The number of nitrogens with zero attached hydrogens (tertiary/aromatic N) is 1. The molecule has 2 nitrogen and oxygen atoms in total. The van der Waals surface area contributed by atoms with Crippen LogP contribution in [-0.4, -0.2) is 19.7 Å². The zero-order valence-electron chi connectivity index (χ0n) is 20.8. The second kappa shape index (κ2) is 12.6. The summed E-state index contributed by atoms with van der Waals surface area (Å²) in [6, 6.07) is 26.7. The Hall–Kier alpha value is -2.74. The van der Waals surface area contributed by atoms with Crippen LogP contribution in [0.15, 0.2) is 72.8 Å². The molecule has 1 saturated heterocycles. The van der Waals surface area contributed by atoms with Gasteiger partial charge in [-0.3, -0.25) is 0 Å². The van der Waals surface area contributed by atoms with Gasteiger partial charge in [-0.15, -0.1) is 0 Å². The van der Waals surface area contributed by atoms with Gasteiger partial charge in [-0.25, -0.2) is 0 Å². The van der Waals surface area contributed by atoms with Crippen LogP contribution in [0.25, 0.3) is 0 Å². The molecule has 0 saturated carbocycles. The number of rotatable bonds is 12. The second-order valence-electron chi connectivity index (χ2n) is 9.63. The van der Waals surface area contributed by atoms with E-state index in [0.29, 0.717) is 0 Å². The minimum absolute atomic E-state index is 0.163. The molecule has 179 valence electrons. The van der Waals surface area contributed by atoms with E-state index in [2.05, 4.69) is 91.5 Å². The Balaban J connectivity index is 1.25. The Morgan fingerprint density at radius 3 is 1.88 bits per heavy atom. The van der Waals surface area contributed by atoms with Crippen molar-refractivity contribution in [1.29, 1.82) is 0 Å². The van der Waals surface area contributed by atoms with Crippen LogP contribution >= 0.6 is 0 Å². The number of aryl methyl sites for hydroxylation is 2. The van der Waals surface area contributed by atoms with Gasteiger partial charge in [0, 0.05) is 24.7 Å². The number of unbranched alkanes of at least 4 members (excludes halogenated alkanes) is 3. The van der Waals surface area contributed by atoms with Gasteiger partial charge in [0.05, 0.1) is 6.61 Å². The lowest BCUT2D eigenvalue weighted by molar-refractivity contribution is 0.305. The van der Waals surface area contributed by atoms with Crippen molar-refractivity contribution in [1.82, 2.24) is 0 Å². The van der Waals surface area contributed by atoms with Gasteiger partial charge in [0.25, 0.3) is 0 Å². The van der Waals surface area contributed by atoms with Gasteiger partial charge < -0.3 is 9.64 Å². The highest BCUT2D eigenvalue weighted by Crippen LogP contribution is 2.27. The Morgan fingerprint density at radius 1 is 0.735 bits per heavy atom. The largest absolute Gasteiger partial charge is 0.494 e. The van der Waals surface area contributed by atoms with Crippen LogP contribution in [0.4, 0.5) is 5.69 Å². The van der Waals surface area contributed by atoms with E-state index in [9.17, 15) is 0 Å². The minimum Gasteiger partial charge on any atom is -0.494 e. The van der Waals surface area contributed by atoms with Crippen LogP contribution < -0.4 is 9.64 Å². The zero-order chi connectivity index (χ0) is 23.6. The number of anilines is 1. The molecule has 1 unspecified atom stereocenters. The first-order valence-corrected chi connectivity index (χ1v) is 13.2. The highest BCUT2D eigenvalue weighted by Gasteiger charge is 2.13. The Morgan fingerprint density at radius 2 is 1.29 bits per heavy atom. The third kappa shape index (κ3) is 6.88. The second-order valence-corrected chi connectivity index (χ2v) is 9.63. The molecule has 4 rings (SSSR count). The monoisotopic (exact) mass is 454 g/mol. The molecule has 3 aromatic carbocycles. The lowest BCUT2D eigenvalue weighted by Crippen LogP contribution is -2.17. The summed E-state index contributed by atoms with van der Waals surface area (Å²) >= 11 is 0. The summed E-state index contributed by atoms with van der Waals surface area (Å²) in [4.78, 5) is 2.48. The lowest BCUT2D eigenvalue weighted by atomic mass is 9.92. The number of hydrogen-bond acceptors (Lipinski definition) is 2. The van der Waals surface area contributed by atoms with Gasteiger partial charge in [-0.05, 0) is 85.5 Å². The molecule has 0 amide bonds. The summed E-state index contributed by atoms with van der Waals surface area (Å²) < 4.78 is 5.87. The summed E-state index contributed by atoms with van der Waals surface area (Å²) in [5.41, 5.74) is 6.63. The third-order valence-corrected chi connectivity index (χ3v) is 7.04. The summed E-state index contributed by atoms with van der Waals surface area (Å²) in [6.07, 6.45) is 9.67. The zero-order valence-corrected chi connectivity index (χ0v) is 20.8. The van der Waals surface area contributed by atoms with E-state index < -0.39 is 0 Å². The summed E-state index contributed by atoms with van der Waals surface area (Å²) in [6.45, 7) is 9.88. The van der Waals surface area contributed by atoms with Crippen LogP contribution in [0.3, 0.4) is 0 Å². The number of benzene rings is 3. The van der Waals surface area contributed by atoms with Crippen molar-refractivity contribution in [2.24, 2.45) is 0 Å². The van der Waals surface area contributed by atoms with Crippen molar-refractivity contribution in [3.05, 3.63) is 102 Å². The molecule has 0 aliphatic carbocycles. The van der Waals surface area contributed by atoms with E-state index in [4.69, 9.17) is 4.74 Å². The van der Waals surface area contributed by atoms with Gasteiger partial charge in [0.15, 0.2) is 0 Å². The summed E-state index contributed by atoms with van der Waals surface area (Å²) in [5, 5.41) is 0. The molecule has 0 bridgehead atoms. The van der Waals surface area contributed by atoms with E-state index >= 15 is 0 Å². The molecule has 0 spiro atoms. The fourth-order valence-corrected chi connectivity index (χ4v) is 4.76. The maximum Gasteiger partial charge on any atom is 0.119 e. The topological polar surface area (TPSA) is 12.5 Å². The number of ether oxygens (including phenoxy) is 1. The maximum absolute atomic E-state index is 5.87. The molecular formula is C32H40NO. The average molecular weight is 455 g/mol. The van der Waals surface area contributed by atoms with Crippen LogP contribution in [0.2, 0.25) is 0 Å². The molecule has 2 heteroatoms. The molecule has 1 atom stereocenters. The molecule has 3 aromatic rings. The van der Waals surface area contributed by atoms with E-state index in [1.54, 1.807) is 0 Å². The molecule has 34 heavy (non-hydrogen) atoms. The van der Waals surface area contributed by atoms with Gasteiger partial charge in [-0.2, -0.15) is 0 Å². The van der Waals surface area contributed by atoms with Gasteiger partial charge in [0.2, 0.25) is 0 Å². The van der Waals surface area contributed by atoms with Crippen molar-refractivity contribution in [3.8, 4) is 5.75 Å². The standard InChI is InChI=1S/C32H40NO/c1-3-4-5-8-25-34-32-21-13-28(14-22-32)10-9-27-11-15-29(16-12-27)26(2)30-17-19-31(20-18-30)33-23-6-7-24-33/h11-22,26H,2-10,23-25H2,1H3. The smallest absolute Gasteiger partial charge is 0.119 e. The highest BCUT2D eigenvalue weighted by atomic mass is 16.5. The molecule has 0 N–H and O–H groups in total. The predicted octanol–water partition coefficient (Wildman–Crippen LogP) is 8.00. The number of hydrogen-bond donors (Lipinski definition) is 0. The van der Waals surface area contributed by atoms with Crippen molar-refractivity contribution in [3.63, 3.8) is 0 Å². The molecule has 1 aliphatic rings. The van der Waals surface area contributed by atoms with Crippen LogP contribution in [0.5, 0.6) is 5.75 Å². The van der Waals surface area contributed by atoms with E-state index in [0.717, 1.165) is 31.6 Å². The molecule has 1 radical (unpaired) electrons. The molecule has 1 aliphatic heterocycles. The molecule has 0 aromatic heterocycles. The van der Waals surface area contributed by atoms with Crippen molar-refractivity contribution in [2.75, 3.05) is 24.6 Å². The maximum atomic E-state index is 5.87. The van der Waals surface area contributed by atoms with E-state index in [-0.39, 0.29) is 5.92 Å². The van der Waals surface area contributed by atoms with Gasteiger partial charge in [-0.1, -0.05) is 74.7 Å². The average Bonchev–Trinajstić information content (AvgIpc) is 3.43. The minimum atomic E-state index is 0.163. The fourth-order valence-electron chi connectivity index (χ4n) is 4.76. The Labute approximate surface area is 207 Å². The van der Waals surface area contributed by atoms with Crippen molar-refractivity contribution in [2.45, 2.75) is 64.2 Å². The summed E-state index contributed by atoms with van der Waals surface area (Å²) in [7, 11) is 0. The lowest BCUT2D eigenvalue weighted by Gasteiger charge is -2.19. The quantitative estimate of drug-likeness (QED) is 0.257. The Kier molecular flexibility index (Phi) is 9.07. The first kappa shape index (κ1) is 24.4. The van der Waals surface area contributed by atoms with Crippen molar-refractivity contribution >= 4 is 5.69 Å². The van der Waals surface area contributed by atoms with E-state index in [1.807, 2.05) is 0 Å². The molecule has 1 heterocycles. The van der Waals surface area contributed by atoms with E-state index in [1.165, 1.54) is 73.1 Å². The normalized spacial score (nSPS) is 14.4. The van der Waals surface area contributed by atoms with Crippen LogP contribution in [-0.2, 0) is 12.8 Å². The molecular weight excluding hydrogens is 414 g/mol. The Bertz CT molecular complexity index is 969. The van der Waals surface area contributed by atoms with Gasteiger partial charge >= 0.3 is 0 Å². The van der Waals surface area contributed by atoms with Crippen LogP contribution in [0.1, 0.15) is 73.6 Å². The highest BCUT2D eigenvalue weighted by molar-refractivity contribution is 5.50. The predicted molar refractivity (Wildman–Crippen MR) is 145 cm³/mol. The SMILES string of the molecule is [CH2]C(c1ccc(CCc2ccc(OCCCCCC)cc2)cc1)c1ccc(N2CCCC2)cc1. The fraction of sp³-hybridized carbons (Fsp3) is 0.406. The van der Waals surface area contributed by atoms with Crippen LogP contribution in [0, 0.1) is 6.92 Å². The molecule has 1 fully saturated rings. The summed E-state index contributed by atoms with van der Waals surface area (Å²) in [5.74, 6) is 1.15. The first-order chi connectivity index (χ1) is 16.7. The first-order valence-electron chi connectivity index (χ1n) is 13.2. The third-order valence-electron chi connectivity index (χ3n) is 7.04. The van der Waals surface area contributed by atoms with Crippen molar-refractivity contribution < 1.29 is 4.74 Å². The van der Waals surface area contributed by atoms with Gasteiger partial charge in [0.1, 0.15) is 5.75 Å².